The summed E-state index contributed by atoms with van der Waals surface area (Å²) in [6, 6.07) is 5.73. The molecular weight excluding hydrogens is 242 g/mol. The average Bonchev–Trinajstić information content (AvgIpc) is 3.10. The number of hydrazine groups is 1. The number of hydrogen-bond donors (Lipinski definition) is 2. The Kier molecular flexibility index (Phi) is 3.19. The first-order chi connectivity index (χ1) is 8.08. The van der Waals surface area contributed by atoms with Crippen molar-refractivity contribution in [3.8, 4) is 0 Å². The van der Waals surface area contributed by atoms with Crippen molar-refractivity contribution >= 4 is 29.2 Å². The van der Waals surface area contributed by atoms with Crippen LogP contribution in [0, 0.1) is 5.92 Å². The summed E-state index contributed by atoms with van der Waals surface area (Å²) >= 11 is 5.74. The van der Waals surface area contributed by atoms with E-state index < -0.39 is 6.03 Å². The Labute approximate surface area is 103 Å². The van der Waals surface area contributed by atoms with Gasteiger partial charge in [-0.15, -0.1) is 0 Å². The summed E-state index contributed by atoms with van der Waals surface area (Å²) in [7, 11) is 0. The van der Waals surface area contributed by atoms with E-state index in [0.29, 0.717) is 10.7 Å². The maximum absolute atomic E-state index is 11.6. The minimum absolute atomic E-state index is 0.00384. The van der Waals surface area contributed by atoms with Crippen molar-refractivity contribution in [3.63, 3.8) is 0 Å². The Morgan fingerprint density at radius 1 is 1.29 bits per heavy atom. The first kappa shape index (κ1) is 11.7. The van der Waals surface area contributed by atoms with Crippen LogP contribution in [0.3, 0.4) is 0 Å². The highest BCUT2D eigenvalue weighted by Gasteiger charge is 2.31. The standard InChI is InChI=1S/C11H12ClN3O2/c12-8-3-5-9(6-4-8)15(11(13)17)14-10(16)7-1-2-7/h3-7H,1-2H2,(H2,13,17)(H,14,16). The third-order valence-electron chi connectivity index (χ3n) is 2.48. The van der Waals surface area contributed by atoms with Crippen molar-refractivity contribution < 1.29 is 9.59 Å². The Morgan fingerprint density at radius 2 is 1.88 bits per heavy atom. The van der Waals surface area contributed by atoms with Gasteiger partial charge in [-0.05, 0) is 37.1 Å². The lowest BCUT2D eigenvalue weighted by atomic mass is 10.3. The number of nitrogens with one attached hydrogen (secondary N) is 1. The summed E-state index contributed by atoms with van der Waals surface area (Å²) < 4.78 is 0. The van der Waals surface area contributed by atoms with Crippen molar-refractivity contribution in [3.05, 3.63) is 29.3 Å². The zero-order chi connectivity index (χ0) is 12.4. The molecule has 0 atom stereocenters. The fraction of sp³-hybridized carbons (Fsp3) is 0.273. The van der Waals surface area contributed by atoms with Crippen LogP contribution in [0.25, 0.3) is 0 Å². The largest absolute Gasteiger partial charge is 0.350 e. The van der Waals surface area contributed by atoms with E-state index in [9.17, 15) is 9.59 Å². The number of primary amides is 1. The van der Waals surface area contributed by atoms with Crippen LogP contribution < -0.4 is 16.2 Å². The smallest absolute Gasteiger partial charge is 0.338 e. The molecule has 2 rings (SSSR count). The summed E-state index contributed by atoms with van der Waals surface area (Å²) in [5, 5.41) is 1.57. The molecule has 1 saturated carbocycles. The molecule has 1 aromatic carbocycles. The van der Waals surface area contributed by atoms with Crippen LogP contribution in [0.5, 0.6) is 0 Å². The number of anilines is 1. The van der Waals surface area contributed by atoms with E-state index in [-0.39, 0.29) is 11.8 Å². The van der Waals surface area contributed by atoms with Gasteiger partial charge in [0.1, 0.15) is 0 Å². The molecular formula is C11H12ClN3O2. The normalized spacial score (nSPS) is 14.2. The van der Waals surface area contributed by atoms with Gasteiger partial charge in [-0.3, -0.25) is 10.2 Å². The molecule has 0 spiro atoms. The molecule has 1 fully saturated rings. The Balaban J connectivity index is 2.13. The molecule has 17 heavy (non-hydrogen) atoms. The lowest BCUT2D eigenvalue weighted by Gasteiger charge is -2.21. The number of rotatable bonds is 2. The number of urea groups is 1. The van der Waals surface area contributed by atoms with Crippen LogP contribution in [-0.4, -0.2) is 11.9 Å². The quantitative estimate of drug-likeness (QED) is 0.787. The van der Waals surface area contributed by atoms with Crippen molar-refractivity contribution in [1.82, 2.24) is 5.43 Å². The minimum Gasteiger partial charge on any atom is -0.350 e. The molecule has 0 radical (unpaired) electrons. The predicted molar refractivity (Wildman–Crippen MR) is 64.4 cm³/mol. The van der Waals surface area contributed by atoms with Crippen LogP contribution >= 0.6 is 11.6 Å². The number of nitrogens with zero attached hydrogens (tertiary/aromatic N) is 1. The van der Waals surface area contributed by atoms with Gasteiger partial charge in [-0.2, -0.15) is 0 Å². The number of amides is 3. The molecule has 0 aromatic heterocycles. The van der Waals surface area contributed by atoms with Gasteiger partial charge >= 0.3 is 6.03 Å². The fourth-order valence-corrected chi connectivity index (χ4v) is 1.51. The summed E-state index contributed by atoms with van der Waals surface area (Å²) in [6.45, 7) is 0. The average molecular weight is 254 g/mol. The van der Waals surface area contributed by atoms with Crippen LogP contribution in [0.4, 0.5) is 10.5 Å². The van der Waals surface area contributed by atoms with Crippen molar-refractivity contribution in [2.45, 2.75) is 12.8 Å². The maximum atomic E-state index is 11.6. The highest BCUT2D eigenvalue weighted by atomic mass is 35.5. The second-order valence-corrected chi connectivity index (χ2v) is 4.34. The monoisotopic (exact) mass is 253 g/mol. The molecule has 0 saturated heterocycles. The summed E-state index contributed by atoms with van der Waals surface area (Å²) in [6.07, 6.45) is 1.72. The topological polar surface area (TPSA) is 75.4 Å². The highest BCUT2D eigenvalue weighted by Crippen LogP contribution is 2.29. The van der Waals surface area contributed by atoms with Gasteiger partial charge in [0.2, 0.25) is 5.91 Å². The van der Waals surface area contributed by atoms with Gasteiger partial charge in [0.05, 0.1) is 5.69 Å². The Hall–Kier alpha value is -1.75. The predicted octanol–water partition coefficient (Wildman–Crippen LogP) is 1.67. The minimum atomic E-state index is -0.735. The molecule has 0 aliphatic heterocycles. The lowest BCUT2D eigenvalue weighted by Crippen LogP contribution is -2.49. The first-order valence-corrected chi connectivity index (χ1v) is 5.61. The lowest BCUT2D eigenvalue weighted by molar-refractivity contribution is -0.122. The van der Waals surface area contributed by atoms with Gasteiger partial charge in [-0.25, -0.2) is 9.80 Å². The summed E-state index contributed by atoms with van der Waals surface area (Å²) in [5.74, 6) is -0.178. The second-order valence-electron chi connectivity index (χ2n) is 3.90. The third-order valence-corrected chi connectivity index (χ3v) is 2.73. The molecule has 1 aliphatic rings. The number of halogens is 1. The molecule has 1 aromatic rings. The second kappa shape index (κ2) is 4.63. The Morgan fingerprint density at radius 3 is 2.35 bits per heavy atom. The van der Waals surface area contributed by atoms with Crippen LogP contribution in [0.1, 0.15) is 12.8 Å². The van der Waals surface area contributed by atoms with Gasteiger partial charge < -0.3 is 5.73 Å². The van der Waals surface area contributed by atoms with Gasteiger partial charge in [0.25, 0.3) is 0 Å². The number of hydrogen-bond acceptors (Lipinski definition) is 2. The number of carbonyl (C=O) groups is 2. The maximum Gasteiger partial charge on any atom is 0.338 e. The summed E-state index contributed by atoms with van der Waals surface area (Å²) in [5.41, 5.74) is 8.19. The van der Waals surface area contributed by atoms with E-state index in [4.69, 9.17) is 17.3 Å². The molecule has 5 nitrogen and oxygen atoms in total. The SMILES string of the molecule is NC(=O)N(NC(=O)C1CC1)c1ccc(Cl)cc1. The van der Waals surface area contributed by atoms with Crippen molar-refractivity contribution in [2.75, 3.05) is 5.01 Å². The van der Waals surface area contributed by atoms with Crippen LogP contribution in [0.2, 0.25) is 5.02 Å². The number of nitrogens with two attached hydrogens (primary N) is 1. The molecule has 1 aliphatic carbocycles. The van der Waals surface area contributed by atoms with E-state index in [1.165, 1.54) is 0 Å². The van der Waals surface area contributed by atoms with E-state index in [1.54, 1.807) is 24.3 Å². The summed E-state index contributed by atoms with van der Waals surface area (Å²) in [4.78, 5) is 22.8. The molecule has 6 heteroatoms. The molecule has 0 heterocycles. The van der Waals surface area contributed by atoms with E-state index in [2.05, 4.69) is 5.43 Å². The molecule has 3 amide bonds. The van der Waals surface area contributed by atoms with Gasteiger partial charge in [0, 0.05) is 10.9 Å². The zero-order valence-electron chi connectivity index (χ0n) is 9.02. The van der Waals surface area contributed by atoms with E-state index in [1.807, 2.05) is 0 Å². The van der Waals surface area contributed by atoms with E-state index in [0.717, 1.165) is 17.9 Å². The van der Waals surface area contributed by atoms with Crippen molar-refractivity contribution in [1.29, 1.82) is 0 Å². The molecule has 0 bridgehead atoms. The Bertz CT molecular complexity index is 443. The van der Waals surface area contributed by atoms with Crippen molar-refractivity contribution in [2.24, 2.45) is 11.7 Å². The van der Waals surface area contributed by atoms with Gasteiger partial charge in [-0.1, -0.05) is 11.6 Å². The highest BCUT2D eigenvalue weighted by molar-refractivity contribution is 6.30. The first-order valence-electron chi connectivity index (χ1n) is 5.23. The molecule has 0 unspecified atom stereocenters. The van der Waals surface area contributed by atoms with Crippen LogP contribution in [0.15, 0.2) is 24.3 Å². The number of benzene rings is 1. The molecule has 3 N–H and O–H groups in total. The zero-order valence-corrected chi connectivity index (χ0v) is 9.78. The van der Waals surface area contributed by atoms with E-state index >= 15 is 0 Å². The molecule has 90 valence electrons. The third kappa shape index (κ3) is 2.88. The van der Waals surface area contributed by atoms with Gasteiger partial charge in [0.15, 0.2) is 0 Å². The van der Waals surface area contributed by atoms with Crippen LogP contribution in [-0.2, 0) is 4.79 Å². The number of carbonyl (C=O) groups excluding carboxylic acids is 2. The fourth-order valence-electron chi connectivity index (χ4n) is 1.38.